The van der Waals surface area contributed by atoms with Crippen molar-refractivity contribution >= 4 is 17.3 Å². The van der Waals surface area contributed by atoms with E-state index in [2.05, 4.69) is 30.9 Å². The average molecular weight is 439 g/mol. The Morgan fingerprint density at radius 3 is 2.72 bits per heavy atom. The maximum Gasteiger partial charge on any atom is 0.273 e. The standard InChI is InChI=1S/C21H25N7O4/c1-22-21(29)17-14-11-16(25-26-17)32-10-6-4-5-9-31-15-8-7-13(19(30-3)18(15)24-14)20-23-12-28(2)27-20/h7-8,11-12,24H,4-6,9-10H2,1-3H3,(H,22,29). The van der Waals surface area contributed by atoms with Crippen molar-refractivity contribution in [2.45, 2.75) is 19.3 Å². The Balaban J connectivity index is 1.87. The number of aromatic nitrogens is 5. The van der Waals surface area contributed by atoms with Crippen LogP contribution < -0.4 is 24.8 Å². The van der Waals surface area contributed by atoms with Gasteiger partial charge in [-0.2, -0.15) is 5.10 Å². The second-order valence-corrected chi connectivity index (χ2v) is 7.17. The molecule has 4 rings (SSSR count). The summed E-state index contributed by atoms with van der Waals surface area (Å²) < 4.78 is 19.2. The topological polar surface area (TPSA) is 125 Å². The van der Waals surface area contributed by atoms with E-state index in [-0.39, 0.29) is 11.6 Å². The maximum absolute atomic E-state index is 12.4. The first kappa shape index (κ1) is 21.3. The molecule has 2 N–H and O–H groups in total. The van der Waals surface area contributed by atoms with Crippen LogP contribution in [-0.2, 0) is 7.05 Å². The lowest BCUT2D eigenvalue weighted by Gasteiger charge is -2.19. The number of fused-ring (bicyclic) bond motifs is 3. The number of anilines is 2. The van der Waals surface area contributed by atoms with E-state index in [9.17, 15) is 4.79 Å². The van der Waals surface area contributed by atoms with Gasteiger partial charge in [0.15, 0.2) is 17.3 Å². The molecule has 1 amide bonds. The number of rotatable bonds is 3. The number of carbonyl (C=O) groups is 1. The van der Waals surface area contributed by atoms with Crippen molar-refractivity contribution in [1.29, 1.82) is 0 Å². The number of aryl methyl sites for hydroxylation is 1. The fourth-order valence-electron chi connectivity index (χ4n) is 3.35. The van der Waals surface area contributed by atoms with Crippen molar-refractivity contribution in [3.8, 4) is 28.8 Å². The van der Waals surface area contributed by atoms with Crippen LogP contribution in [0.15, 0.2) is 24.5 Å². The molecule has 3 heterocycles. The number of benzene rings is 1. The van der Waals surface area contributed by atoms with Crippen molar-refractivity contribution in [1.82, 2.24) is 30.3 Å². The number of nitrogens with one attached hydrogen (secondary N) is 2. The quantitative estimate of drug-likeness (QED) is 0.632. The lowest BCUT2D eigenvalue weighted by Crippen LogP contribution is -2.21. The minimum absolute atomic E-state index is 0.115. The molecule has 0 radical (unpaired) electrons. The van der Waals surface area contributed by atoms with Crippen LogP contribution in [0.4, 0.5) is 11.4 Å². The highest BCUT2D eigenvalue weighted by molar-refractivity contribution is 5.99. The van der Waals surface area contributed by atoms with Gasteiger partial charge >= 0.3 is 0 Å². The smallest absolute Gasteiger partial charge is 0.273 e. The minimum atomic E-state index is -0.389. The van der Waals surface area contributed by atoms with Gasteiger partial charge in [0.2, 0.25) is 5.88 Å². The van der Waals surface area contributed by atoms with E-state index in [1.165, 1.54) is 7.05 Å². The molecule has 0 saturated carbocycles. The summed E-state index contributed by atoms with van der Waals surface area (Å²) in [5.41, 5.74) is 1.72. The third-order valence-corrected chi connectivity index (χ3v) is 4.93. The molecular weight excluding hydrogens is 414 g/mol. The summed E-state index contributed by atoms with van der Waals surface area (Å²) >= 11 is 0. The molecule has 11 heteroatoms. The van der Waals surface area contributed by atoms with E-state index in [4.69, 9.17) is 14.2 Å². The van der Waals surface area contributed by atoms with E-state index in [0.717, 1.165) is 19.3 Å². The van der Waals surface area contributed by atoms with Gasteiger partial charge in [0, 0.05) is 20.2 Å². The molecule has 3 aromatic rings. The van der Waals surface area contributed by atoms with E-state index < -0.39 is 0 Å². The predicted octanol–water partition coefficient (Wildman–Crippen LogP) is 2.33. The van der Waals surface area contributed by atoms with Crippen LogP contribution in [0.5, 0.6) is 17.4 Å². The first-order valence-electron chi connectivity index (χ1n) is 10.3. The number of nitrogens with zero attached hydrogens (tertiary/aromatic N) is 5. The lowest BCUT2D eigenvalue weighted by molar-refractivity contribution is 0.0958. The highest BCUT2D eigenvalue weighted by Gasteiger charge is 2.23. The van der Waals surface area contributed by atoms with Gasteiger partial charge in [0.1, 0.15) is 17.8 Å². The normalized spacial score (nSPS) is 13.7. The summed E-state index contributed by atoms with van der Waals surface area (Å²) in [4.78, 5) is 16.8. The molecule has 2 bridgehead atoms. The Morgan fingerprint density at radius 1 is 1.19 bits per heavy atom. The van der Waals surface area contributed by atoms with Gasteiger partial charge in [-0.1, -0.05) is 0 Å². The van der Waals surface area contributed by atoms with Gasteiger partial charge in [0.25, 0.3) is 5.91 Å². The summed E-state index contributed by atoms with van der Waals surface area (Å²) in [7, 11) is 4.88. The monoisotopic (exact) mass is 439 g/mol. The molecule has 0 saturated heterocycles. The zero-order chi connectivity index (χ0) is 22.5. The molecule has 168 valence electrons. The summed E-state index contributed by atoms with van der Waals surface area (Å²) in [6.07, 6.45) is 4.27. The van der Waals surface area contributed by atoms with Crippen molar-refractivity contribution in [2.24, 2.45) is 7.05 Å². The summed E-state index contributed by atoms with van der Waals surface area (Å²) in [6.45, 7) is 1.02. The summed E-state index contributed by atoms with van der Waals surface area (Å²) in [6, 6.07) is 5.33. The lowest BCUT2D eigenvalue weighted by atomic mass is 10.1. The van der Waals surface area contributed by atoms with Gasteiger partial charge in [-0.3, -0.25) is 9.48 Å². The second-order valence-electron chi connectivity index (χ2n) is 7.17. The molecule has 1 aliphatic heterocycles. The zero-order valence-electron chi connectivity index (χ0n) is 18.2. The Morgan fingerprint density at radius 2 is 2.00 bits per heavy atom. The largest absolute Gasteiger partial charge is 0.494 e. The predicted molar refractivity (Wildman–Crippen MR) is 117 cm³/mol. The number of hydrogen-bond donors (Lipinski definition) is 2. The average Bonchev–Trinajstić information content (AvgIpc) is 3.24. The first-order chi connectivity index (χ1) is 15.6. The highest BCUT2D eigenvalue weighted by atomic mass is 16.5. The Kier molecular flexibility index (Phi) is 6.34. The van der Waals surface area contributed by atoms with Gasteiger partial charge < -0.3 is 24.8 Å². The van der Waals surface area contributed by atoms with E-state index in [0.29, 0.717) is 53.4 Å². The number of methoxy groups -OCH3 is 1. The Labute approximate surface area is 185 Å². The van der Waals surface area contributed by atoms with Crippen molar-refractivity contribution in [3.63, 3.8) is 0 Å². The van der Waals surface area contributed by atoms with Gasteiger partial charge in [-0.15, -0.1) is 10.2 Å². The summed E-state index contributed by atoms with van der Waals surface area (Å²) in [5, 5.41) is 18.3. The molecule has 0 fully saturated rings. The molecular formula is C21H25N7O4. The second kappa shape index (κ2) is 9.50. The number of amides is 1. The number of hydrogen-bond acceptors (Lipinski definition) is 9. The van der Waals surface area contributed by atoms with Gasteiger partial charge in [-0.05, 0) is 31.4 Å². The molecule has 2 aromatic heterocycles. The van der Waals surface area contributed by atoms with Crippen molar-refractivity contribution in [3.05, 3.63) is 30.2 Å². The molecule has 0 spiro atoms. The maximum atomic E-state index is 12.4. The fourth-order valence-corrected chi connectivity index (χ4v) is 3.35. The SMILES string of the molecule is CNC(=O)c1nnc2cc1Nc1c(ccc(-c3ncn(C)n3)c1OC)OCCCCCO2. The summed E-state index contributed by atoms with van der Waals surface area (Å²) in [5.74, 6) is 1.48. The third kappa shape index (κ3) is 4.41. The van der Waals surface area contributed by atoms with Crippen LogP contribution in [0, 0.1) is 0 Å². The highest BCUT2D eigenvalue weighted by Crippen LogP contribution is 2.43. The first-order valence-corrected chi connectivity index (χ1v) is 10.3. The Hall–Kier alpha value is -3.89. The van der Waals surface area contributed by atoms with Crippen molar-refractivity contribution < 1.29 is 19.0 Å². The van der Waals surface area contributed by atoms with Crippen LogP contribution >= 0.6 is 0 Å². The van der Waals surface area contributed by atoms with Gasteiger partial charge in [-0.25, -0.2) is 4.98 Å². The molecule has 0 aliphatic carbocycles. The molecule has 0 atom stereocenters. The van der Waals surface area contributed by atoms with Gasteiger partial charge in [0.05, 0.1) is 31.6 Å². The van der Waals surface area contributed by atoms with Crippen LogP contribution in [0.2, 0.25) is 0 Å². The fraction of sp³-hybridized carbons (Fsp3) is 0.381. The number of ether oxygens (including phenoxy) is 3. The van der Waals surface area contributed by atoms with E-state index in [1.807, 2.05) is 12.1 Å². The van der Waals surface area contributed by atoms with E-state index in [1.54, 1.807) is 31.2 Å². The molecule has 11 nitrogen and oxygen atoms in total. The van der Waals surface area contributed by atoms with Crippen LogP contribution in [0.3, 0.4) is 0 Å². The zero-order valence-corrected chi connectivity index (χ0v) is 18.2. The van der Waals surface area contributed by atoms with Crippen LogP contribution in [0.1, 0.15) is 29.8 Å². The van der Waals surface area contributed by atoms with E-state index >= 15 is 0 Å². The van der Waals surface area contributed by atoms with Crippen LogP contribution in [-0.4, -0.2) is 58.2 Å². The van der Waals surface area contributed by atoms with Crippen molar-refractivity contribution in [2.75, 3.05) is 32.7 Å². The molecule has 32 heavy (non-hydrogen) atoms. The molecule has 1 aromatic carbocycles. The minimum Gasteiger partial charge on any atom is -0.494 e. The third-order valence-electron chi connectivity index (χ3n) is 4.93. The van der Waals surface area contributed by atoms with Crippen LogP contribution in [0.25, 0.3) is 11.4 Å². The molecule has 0 unspecified atom stereocenters. The molecule has 1 aliphatic rings. The Bertz CT molecular complexity index is 1120. The number of carbonyl (C=O) groups excluding carboxylic acids is 1.